The molecule has 0 bridgehead atoms. The smallest absolute Gasteiger partial charge is 0.203 e. The van der Waals surface area contributed by atoms with Crippen molar-refractivity contribution < 1.29 is 18.9 Å². The summed E-state index contributed by atoms with van der Waals surface area (Å²) in [6, 6.07) is 20.1. The first kappa shape index (κ1) is 22.8. The fraction of sp³-hybridized carbons (Fsp3) is 0.269. The lowest BCUT2D eigenvalue weighted by atomic mass is 10.1. The van der Waals surface area contributed by atoms with Crippen molar-refractivity contribution >= 4 is 22.6 Å². The van der Waals surface area contributed by atoms with E-state index in [1.54, 1.807) is 21.3 Å². The van der Waals surface area contributed by atoms with Crippen LogP contribution in [0.2, 0.25) is 0 Å². The van der Waals surface area contributed by atoms with Crippen LogP contribution in [0.1, 0.15) is 12.0 Å². The molecule has 0 N–H and O–H groups in total. The predicted octanol–water partition coefficient (Wildman–Crippen LogP) is 5.79. The van der Waals surface area contributed by atoms with Crippen molar-refractivity contribution in [2.45, 2.75) is 13.0 Å². The molecule has 0 radical (unpaired) electrons. The highest BCUT2D eigenvalue weighted by Gasteiger charge is 2.19. The number of nitrogens with zero attached hydrogens (tertiary/aromatic N) is 2. The Bertz CT molecular complexity index is 1200. The molecule has 0 unspecified atom stereocenters. The lowest BCUT2D eigenvalue weighted by Gasteiger charge is -2.15. The number of halogens is 1. The van der Waals surface area contributed by atoms with Crippen LogP contribution in [0.4, 0.5) is 0 Å². The van der Waals surface area contributed by atoms with Gasteiger partial charge in [0.1, 0.15) is 11.6 Å². The third-order valence-corrected chi connectivity index (χ3v) is 5.64. The number of alkyl halides is 1. The molecule has 0 amide bonds. The van der Waals surface area contributed by atoms with Crippen molar-refractivity contribution in [3.63, 3.8) is 0 Å². The van der Waals surface area contributed by atoms with E-state index in [-0.39, 0.29) is 0 Å². The number of ether oxygens (including phenoxy) is 4. The Balaban J connectivity index is 1.87. The Morgan fingerprint density at radius 3 is 2.24 bits per heavy atom. The van der Waals surface area contributed by atoms with Gasteiger partial charge in [0.15, 0.2) is 11.5 Å². The molecule has 0 spiro atoms. The van der Waals surface area contributed by atoms with Crippen molar-refractivity contribution in [1.82, 2.24) is 9.55 Å². The fourth-order valence-corrected chi connectivity index (χ4v) is 3.90. The van der Waals surface area contributed by atoms with Gasteiger partial charge in [-0.1, -0.05) is 30.3 Å². The largest absolute Gasteiger partial charge is 0.493 e. The van der Waals surface area contributed by atoms with Crippen LogP contribution in [0.3, 0.4) is 0 Å². The van der Waals surface area contributed by atoms with E-state index < -0.39 is 0 Å². The summed E-state index contributed by atoms with van der Waals surface area (Å²) in [7, 11) is 4.81. The van der Waals surface area contributed by atoms with E-state index in [0.29, 0.717) is 36.3 Å². The fourth-order valence-electron chi connectivity index (χ4n) is 3.79. The van der Waals surface area contributed by atoms with Crippen molar-refractivity contribution in [3.05, 3.63) is 66.2 Å². The summed E-state index contributed by atoms with van der Waals surface area (Å²) in [6.07, 6.45) is 0.791. The SMILES string of the molecule is COc1cc(-c2nc3ccc(OCCCCl)cc3n2Cc2ccccc2)cc(OC)c1OC. The second-order valence-corrected chi connectivity index (χ2v) is 7.84. The van der Waals surface area contributed by atoms with Gasteiger partial charge in [-0.3, -0.25) is 0 Å². The van der Waals surface area contributed by atoms with Crippen LogP contribution < -0.4 is 18.9 Å². The summed E-state index contributed by atoms with van der Waals surface area (Å²) < 4.78 is 24.7. The van der Waals surface area contributed by atoms with Gasteiger partial charge in [0.05, 0.1) is 39.0 Å². The molecule has 0 atom stereocenters. The average molecular weight is 467 g/mol. The van der Waals surface area contributed by atoms with Gasteiger partial charge in [-0.15, -0.1) is 11.6 Å². The van der Waals surface area contributed by atoms with E-state index in [1.165, 1.54) is 5.56 Å². The maximum absolute atomic E-state index is 5.90. The van der Waals surface area contributed by atoms with E-state index in [0.717, 1.165) is 34.6 Å². The van der Waals surface area contributed by atoms with E-state index in [2.05, 4.69) is 16.7 Å². The number of aromatic nitrogens is 2. The zero-order valence-corrected chi connectivity index (χ0v) is 19.8. The minimum absolute atomic E-state index is 0.546. The minimum atomic E-state index is 0.546. The lowest BCUT2D eigenvalue weighted by Crippen LogP contribution is -2.04. The van der Waals surface area contributed by atoms with Crippen LogP contribution in [0.25, 0.3) is 22.4 Å². The van der Waals surface area contributed by atoms with E-state index >= 15 is 0 Å². The van der Waals surface area contributed by atoms with Crippen molar-refractivity contribution in [1.29, 1.82) is 0 Å². The summed E-state index contributed by atoms with van der Waals surface area (Å²) in [5.74, 6) is 3.86. The Morgan fingerprint density at radius 2 is 1.61 bits per heavy atom. The maximum Gasteiger partial charge on any atom is 0.203 e. The van der Waals surface area contributed by atoms with Crippen LogP contribution in [0.5, 0.6) is 23.0 Å². The van der Waals surface area contributed by atoms with Gasteiger partial charge >= 0.3 is 0 Å². The van der Waals surface area contributed by atoms with Crippen molar-refractivity contribution in [3.8, 4) is 34.4 Å². The highest BCUT2D eigenvalue weighted by atomic mass is 35.5. The molecule has 1 aromatic heterocycles. The number of benzene rings is 3. The zero-order valence-electron chi connectivity index (χ0n) is 19.0. The molecule has 0 aliphatic carbocycles. The highest BCUT2D eigenvalue weighted by molar-refractivity contribution is 6.17. The summed E-state index contributed by atoms with van der Waals surface area (Å²) >= 11 is 5.80. The number of hydrogen-bond acceptors (Lipinski definition) is 5. The van der Waals surface area contributed by atoms with Gasteiger partial charge in [-0.2, -0.15) is 0 Å². The Kier molecular flexibility index (Phi) is 7.25. The number of hydrogen-bond donors (Lipinski definition) is 0. The topological polar surface area (TPSA) is 54.7 Å². The molecule has 172 valence electrons. The third kappa shape index (κ3) is 4.86. The van der Waals surface area contributed by atoms with Gasteiger partial charge in [0.25, 0.3) is 0 Å². The Hall–Kier alpha value is -3.38. The molecular formula is C26H27ClN2O4. The monoisotopic (exact) mass is 466 g/mol. The molecule has 33 heavy (non-hydrogen) atoms. The zero-order chi connectivity index (χ0) is 23.2. The van der Waals surface area contributed by atoms with E-state index in [4.69, 9.17) is 35.5 Å². The van der Waals surface area contributed by atoms with Crippen LogP contribution >= 0.6 is 11.6 Å². The van der Waals surface area contributed by atoms with Gasteiger partial charge in [-0.25, -0.2) is 4.98 Å². The molecule has 3 aromatic carbocycles. The second-order valence-electron chi connectivity index (χ2n) is 7.46. The van der Waals surface area contributed by atoms with E-state index in [9.17, 15) is 0 Å². The molecule has 0 aliphatic heterocycles. The molecule has 0 saturated carbocycles. The van der Waals surface area contributed by atoms with Gasteiger partial charge in [0, 0.05) is 24.1 Å². The molecule has 6 nitrogen and oxygen atoms in total. The predicted molar refractivity (Wildman–Crippen MR) is 131 cm³/mol. The van der Waals surface area contributed by atoms with Crippen molar-refractivity contribution in [2.24, 2.45) is 0 Å². The van der Waals surface area contributed by atoms with Gasteiger partial charge in [-0.05, 0) is 36.2 Å². The maximum atomic E-state index is 5.90. The first-order valence-corrected chi connectivity index (χ1v) is 11.2. The molecule has 1 heterocycles. The van der Waals surface area contributed by atoms with Crippen LogP contribution in [0, 0.1) is 0 Å². The standard InChI is InChI=1S/C26H27ClN2O4/c1-30-23-14-19(15-24(31-2)25(23)32-3)26-28-21-11-10-20(33-13-7-12-27)16-22(21)29(26)17-18-8-5-4-6-9-18/h4-6,8-11,14-16H,7,12-13,17H2,1-3H3. The van der Waals surface area contributed by atoms with Gasteiger partial charge in [0.2, 0.25) is 5.75 Å². The molecule has 4 rings (SSSR count). The lowest BCUT2D eigenvalue weighted by molar-refractivity contribution is 0.318. The van der Waals surface area contributed by atoms with Crippen LogP contribution in [-0.2, 0) is 6.54 Å². The highest BCUT2D eigenvalue weighted by Crippen LogP contribution is 2.41. The summed E-state index contributed by atoms with van der Waals surface area (Å²) in [6.45, 7) is 1.22. The summed E-state index contributed by atoms with van der Waals surface area (Å²) in [4.78, 5) is 4.96. The molecule has 0 saturated heterocycles. The minimum Gasteiger partial charge on any atom is -0.493 e. The molecule has 4 aromatic rings. The normalized spacial score (nSPS) is 10.9. The number of fused-ring (bicyclic) bond motifs is 1. The van der Waals surface area contributed by atoms with E-state index in [1.807, 2.05) is 48.5 Å². The quantitative estimate of drug-likeness (QED) is 0.219. The summed E-state index contributed by atoms with van der Waals surface area (Å²) in [5, 5.41) is 0. The molecule has 7 heteroatoms. The van der Waals surface area contributed by atoms with Crippen LogP contribution in [-0.4, -0.2) is 43.4 Å². The first-order chi connectivity index (χ1) is 16.2. The van der Waals surface area contributed by atoms with Crippen molar-refractivity contribution in [2.75, 3.05) is 33.8 Å². The Labute approximate surface area is 198 Å². The number of imidazole rings is 1. The molecule has 0 aliphatic rings. The second kappa shape index (κ2) is 10.5. The van der Waals surface area contributed by atoms with Crippen LogP contribution in [0.15, 0.2) is 60.7 Å². The number of rotatable bonds is 10. The summed E-state index contributed by atoms with van der Waals surface area (Å²) in [5.41, 5.74) is 3.88. The number of methoxy groups -OCH3 is 3. The van der Waals surface area contributed by atoms with Gasteiger partial charge < -0.3 is 23.5 Å². The third-order valence-electron chi connectivity index (χ3n) is 5.37. The molecule has 0 fully saturated rings. The molecular weight excluding hydrogens is 440 g/mol. The Morgan fingerprint density at radius 1 is 0.879 bits per heavy atom. The average Bonchev–Trinajstić information content (AvgIpc) is 3.21. The first-order valence-electron chi connectivity index (χ1n) is 10.7.